The molecular weight excluding hydrogens is 258 g/mol. The number of ether oxygens (including phenoxy) is 2. The summed E-state index contributed by atoms with van der Waals surface area (Å²) in [6.45, 7) is 4.04. The summed E-state index contributed by atoms with van der Waals surface area (Å²) >= 11 is 0. The first-order valence-electron chi connectivity index (χ1n) is 6.38. The molecule has 0 bridgehead atoms. The van der Waals surface area contributed by atoms with Crippen molar-refractivity contribution < 1.29 is 19.1 Å². The van der Waals surface area contributed by atoms with E-state index in [1.165, 1.54) is 12.0 Å². The van der Waals surface area contributed by atoms with Gasteiger partial charge in [-0.2, -0.15) is 0 Å². The van der Waals surface area contributed by atoms with Crippen LogP contribution in [0.15, 0.2) is 24.4 Å². The Morgan fingerprint density at radius 3 is 2.70 bits per heavy atom. The van der Waals surface area contributed by atoms with Crippen LogP contribution in [-0.4, -0.2) is 30.2 Å². The number of esters is 1. The number of hydrogen-bond acceptors (Lipinski definition) is 4. The number of hydrogen-bond donors (Lipinski definition) is 0. The number of rotatable bonds is 2. The van der Waals surface area contributed by atoms with Gasteiger partial charge in [-0.05, 0) is 43.2 Å². The molecule has 1 amide bonds. The van der Waals surface area contributed by atoms with Gasteiger partial charge in [-0.3, -0.25) is 4.90 Å². The van der Waals surface area contributed by atoms with Crippen LogP contribution < -0.4 is 0 Å². The molecule has 1 aromatic rings. The third kappa shape index (κ3) is 2.99. The first-order chi connectivity index (χ1) is 9.51. The molecular formula is C15H17NO4. The molecule has 0 N–H and O–H groups in total. The van der Waals surface area contributed by atoms with Crippen molar-refractivity contribution in [2.24, 2.45) is 0 Å². The second-order valence-corrected chi connectivity index (χ2v) is 4.78. The number of fused-ring (bicyclic) bond motifs is 1. The van der Waals surface area contributed by atoms with Gasteiger partial charge in [0.25, 0.3) is 0 Å². The van der Waals surface area contributed by atoms with Crippen molar-refractivity contribution in [3.05, 3.63) is 41.1 Å². The summed E-state index contributed by atoms with van der Waals surface area (Å²) in [5.74, 6) is -0.372. The molecule has 1 aliphatic rings. The maximum atomic E-state index is 11.8. The van der Waals surface area contributed by atoms with E-state index in [0.29, 0.717) is 12.1 Å². The summed E-state index contributed by atoms with van der Waals surface area (Å²) in [6.07, 6.45) is 2.92. The van der Waals surface area contributed by atoms with E-state index in [-0.39, 0.29) is 18.2 Å². The Labute approximate surface area is 117 Å². The highest BCUT2D eigenvalue weighted by Gasteiger charge is 2.19. The molecule has 5 nitrogen and oxygen atoms in total. The minimum absolute atomic E-state index is 0.154. The minimum atomic E-state index is -0.376. The highest BCUT2D eigenvalue weighted by Crippen LogP contribution is 2.22. The number of carbonyl (C=O) groups excluding carboxylic acids is 2. The molecule has 0 atom stereocenters. The van der Waals surface area contributed by atoms with Crippen LogP contribution in [0, 0.1) is 0 Å². The van der Waals surface area contributed by atoms with Crippen LogP contribution in [0.2, 0.25) is 0 Å². The molecule has 0 aliphatic carbocycles. The van der Waals surface area contributed by atoms with Crippen LogP contribution in [0.5, 0.6) is 0 Å². The van der Waals surface area contributed by atoms with Crippen molar-refractivity contribution in [3.8, 4) is 0 Å². The van der Waals surface area contributed by atoms with Gasteiger partial charge in [-0.1, -0.05) is 6.07 Å². The van der Waals surface area contributed by atoms with Crippen LogP contribution in [0.3, 0.4) is 0 Å². The fraction of sp³-hybridized carbons (Fsp3) is 0.333. The molecule has 0 unspecified atom stereocenters. The zero-order valence-corrected chi connectivity index (χ0v) is 11.8. The van der Waals surface area contributed by atoms with Gasteiger partial charge in [0, 0.05) is 6.20 Å². The number of benzene rings is 1. The molecule has 20 heavy (non-hydrogen) atoms. The highest BCUT2D eigenvalue weighted by atomic mass is 16.6. The smallest absolute Gasteiger partial charge is 0.414 e. The van der Waals surface area contributed by atoms with Gasteiger partial charge in [-0.15, -0.1) is 0 Å². The fourth-order valence-electron chi connectivity index (χ4n) is 1.94. The summed E-state index contributed by atoms with van der Waals surface area (Å²) in [4.78, 5) is 24.8. The molecule has 1 aliphatic heterocycles. The summed E-state index contributed by atoms with van der Waals surface area (Å²) in [7, 11) is 1.35. The van der Waals surface area contributed by atoms with Crippen LogP contribution in [-0.2, 0) is 16.0 Å². The van der Waals surface area contributed by atoms with Crippen molar-refractivity contribution in [1.82, 2.24) is 4.90 Å². The SMILES string of the molecule is COC(=O)c1ccc2c(c1)C=CN(C(=O)OC(C)C)C2. The van der Waals surface area contributed by atoms with E-state index >= 15 is 0 Å². The van der Waals surface area contributed by atoms with Crippen LogP contribution in [0.1, 0.15) is 35.3 Å². The predicted octanol–water partition coefficient (Wildman–Crippen LogP) is 2.80. The van der Waals surface area contributed by atoms with Crippen molar-refractivity contribution in [2.75, 3.05) is 7.11 Å². The molecule has 5 heteroatoms. The molecule has 1 heterocycles. The second-order valence-electron chi connectivity index (χ2n) is 4.78. The zero-order chi connectivity index (χ0) is 14.7. The van der Waals surface area contributed by atoms with Crippen molar-refractivity contribution in [2.45, 2.75) is 26.5 Å². The summed E-state index contributed by atoms with van der Waals surface area (Å²) in [6, 6.07) is 5.26. The standard InChI is InChI=1S/C15H17NO4/c1-10(2)20-15(18)16-7-6-11-8-12(14(17)19-3)4-5-13(11)9-16/h4-8,10H,9H2,1-3H3. The van der Waals surface area contributed by atoms with Crippen molar-refractivity contribution >= 4 is 18.1 Å². The largest absolute Gasteiger partial charge is 0.465 e. The minimum Gasteiger partial charge on any atom is -0.465 e. The Balaban J connectivity index is 2.17. The molecule has 0 radical (unpaired) electrons. The van der Waals surface area contributed by atoms with E-state index in [2.05, 4.69) is 4.74 Å². The van der Waals surface area contributed by atoms with Crippen molar-refractivity contribution in [3.63, 3.8) is 0 Å². The quantitative estimate of drug-likeness (QED) is 0.779. The Morgan fingerprint density at radius 1 is 1.30 bits per heavy atom. The van der Waals surface area contributed by atoms with Gasteiger partial charge < -0.3 is 9.47 Å². The third-order valence-electron chi connectivity index (χ3n) is 2.91. The normalized spacial score (nSPS) is 13.1. The third-order valence-corrected chi connectivity index (χ3v) is 2.91. The molecule has 2 rings (SSSR count). The second kappa shape index (κ2) is 5.77. The average Bonchev–Trinajstić information content (AvgIpc) is 2.44. The van der Waals surface area contributed by atoms with Gasteiger partial charge in [0.2, 0.25) is 0 Å². The Hall–Kier alpha value is -2.30. The lowest BCUT2D eigenvalue weighted by molar-refractivity contribution is 0.0600. The lowest BCUT2D eigenvalue weighted by atomic mass is 10.0. The van der Waals surface area contributed by atoms with Crippen LogP contribution in [0.25, 0.3) is 6.08 Å². The Bertz CT molecular complexity index is 563. The van der Waals surface area contributed by atoms with Gasteiger partial charge in [-0.25, -0.2) is 9.59 Å². The highest BCUT2D eigenvalue weighted by molar-refractivity contribution is 5.90. The van der Waals surface area contributed by atoms with Gasteiger partial charge >= 0.3 is 12.1 Å². The predicted molar refractivity (Wildman–Crippen MR) is 74.0 cm³/mol. The number of carbonyl (C=O) groups is 2. The topological polar surface area (TPSA) is 55.8 Å². The van der Waals surface area contributed by atoms with Crippen molar-refractivity contribution in [1.29, 1.82) is 0 Å². The number of methoxy groups -OCH3 is 1. The molecule has 1 aromatic carbocycles. The van der Waals surface area contributed by atoms with Crippen LogP contribution in [0.4, 0.5) is 4.79 Å². The number of amides is 1. The maximum Gasteiger partial charge on any atom is 0.414 e. The van der Waals surface area contributed by atoms with Gasteiger partial charge in [0.1, 0.15) is 0 Å². The monoisotopic (exact) mass is 275 g/mol. The van der Waals surface area contributed by atoms with Crippen LogP contribution >= 0.6 is 0 Å². The summed E-state index contributed by atoms with van der Waals surface area (Å²) in [5, 5.41) is 0. The summed E-state index contributed by atoms with van der Waals surface area (Å²) < 4.78 is 9.83. The van der Waals surface area contributed by atoms with Gasteiger partial charge in [0.15, 0.2) is 0 Å². The molecule has 0 saturated heterocycles. The van der Waals surface area contributed by atoms with E-state index in [1.54, 1.807) is 24.4 Å². The Kier molecular flexibility index (Phi) is 4.08. The molecule has 0 saturated carbocycles. The van der Waals surface area contributed by atoms with Gasteiger partial charge in [0.05, 0.1) is 25.3 Å². The maximum absolute atomic E-state index is 11.8. The van der Waals surface area contributed by atoms with E-state index in [4.69, 9.17) is 4.74 Å². The fourth-order valence-corrected chi connectivity index (χ4v) is 1.94. The number of nitrogens with zero attached hydrogens (tertiary/aromatic N) is 1. The first kappa shape index (κ1) is 14.1. The first-order valence-corrected chi connectivity index (χ1v) is 6.38. The van der Waals surface area contributed by atoms with E-state index in [9.17, 15) is 9.59 Å². The lowest BCUT2D eigenvalue weighted by Gasteiger charge is -2.24. The molecule has 0 aromatic heterocycles. The lowest BCUT2D eigenvalue weighted by Crippen LogP contribution is -2.30. The average molecular weight is 275 g/mol. The van der Waals surface area contributed by atoms with E-state index < -0.39 is 0 Å². The summed E-state index contributed by atoms with van der Waals surface area (Å²) in [5.41, 5.74) is 2.36. The Morgan fingerprint density at radius 2 is 2.05 bits per heavy atom. The van der Waals surface area contributed by atoms with E-state index in [0.717, 1.165) is 11.1 Å². The molecule has 0 spiro atoms. The molecule has 0 fully saturated rings. The zero-order valence-electron chi connectivity index (χ0n) is 11.8. The van der Waals surface area contributed by atoms with E-state index in [1.807, 2.05) is 19.9 Å². The molecule has 106 valence electrons.